The SMILES string of the molecule is Nc1ccccc1OCC(F)(F)c1ccccc1. The Morgan fingerprint density at radius 3 is 2.22 bits per heavy atom. The number of benzene rings is 2. The molecular formula is C14H13F2NO. The number of anilines is 1. The van der Waals surface area contributed by atoms with Crippen LogP contribution in [0.1, 0.15) is 5.56 Å². The fraction of sp³-hybridized carbons (Fsp3) is 0.143. The van der Waals surface area contributed by atoms with Gasteiger partial charge in [-0.2, -0.15) is 8.78 Å². The Balaban J connectivity index is 2.08. The lowest BCUT2D eigenvalue weighted by molar-refractivity contribution is -0.0465. The predicted octanol–water partition coefficient (Wildman–Crippen LogP) is 3.44. The van der Waals surface area contributed by atoms with Crippen LogP contribution in [0.2, 0.25) is 0 Å². The van der Waals surface area contributed by atoms with Crippen LogP contribution in [0.4, 0.5) is 14.5 Å². The van der Waals surface area contributed by atoms with Crippen LogP contribution >= 0.6 is 0 Å². The van der Waals surface area contributed by atoms with Crippen LogP contribution in [0.15, 0.2) is 54.6 Å². The second kappa shape index (κ2) is 5.04. The molecule has 0 spiro atoms. The molecule has 0 bridgehead atoms. The molecule has 0 heterocycles. The molecule has 0 atom stereocenters. The molecule has 2 aromatic rings. The molecule has 0 amide bonds. The van der Waals surface area contributed by atoms with Crippen molar-refractivity contribution in [2.45, 2.75) is 5.92 Å². The molecule has 0 radical (unpaired) electrons. The number of rotatable bonds is 4. The highest BCUT2D eigenvalue weighted by Crippen LogP contribution is 2.30. The molecule has 2 aromatic carbocycles. The number of alkyl halides is 2. The third-order valence-electron chi connectivity index (χ3n) is 2.52. The monoisotopic (exact) mass is 249 g/mol. The summed E-state index contributed by atoms with van der Waals surface area (Å²) in [6, 6.07) is 14.2. The van der Waals surface area contributed by atoms with Crippen LogP contribution in [0.25, 0.3) is 0 Å². The molecule has 0 aromatic heterocycles. The molecule has 4 heteroatoms. The van der Waals surface area contributed by atoms with Gasteiger partial charge in [-0.25, -0.2) is 0 Å². The molecule has 94 valence electrons. The van der Waals surface area contributed by atoms with Crippen molar-refractivity contribution in [3.63, 3.8) is 0 Å². The van der Waals surface area contributed by atoms with Crippen molar-refractivity contribution >= 4 is 5.69 Å². The topological polar surface area (TPSA) is 35.2 Å². The third kappa shape index (κ3) is 2.77. The average Bonchev–Trinajstić information content (AvgIpc) is 2.39. The minimum atomic E-state index is -3.04. The number of hydrogen-bond donors (Lipinski definition) is 1. The van der Waals surface area contributed by atoms with E-state index in [1.165, 1.54) is 12.1 Å². The number of nitrogens with two attached hydrogens (primary N) is 1. The van der Waals surface area contributed by atoms with E-state index in [1.54, 1.807) is 42.5 Å². The highest BCUT2D eigenvalue weighted by Gasteiger charge is 2.32. The Bertz CT molecular complexity index is 514. The fourth-order valence-corrected chi connectivity index (χ4v) is 1.55. The summed E-state index contributed by atoms with van der Waals surface area (Å²) in [7, 11) is 0. The molecule has 0 aliphatic rings. The van der Waals surface area contributed by atoms with Gasteiger partial charge in [-0.15, -0.1) is 0 Å². The first-order valence-corrected chi connectivity index (χ1v) is 5.50. The van der Waals surface area contributed by atoms with E-state index in [0.717, 1.165) is 0 Å². The molecule has 18 heavy (non-hydrogen) atoms. The summed E-state index contributed by atoms with van der Waals surface area (Å²) < 4.78 is 32.7. The first kappa shape index (κ1) is 12.4. The van der Waals surface area contributed by atoms with E-state index in [1.807, 2.05) is 0 Å². The van der Waals surface area contributed by atoms with Crippen molar-refractivity contribution in [2.24, 2.45) is 0 Å². The van der Waals surface area contributed by atoms with Crippen LogP contribution in [0.3, 0.4) is 0 Å². The van der Waals surface area contributed by atoms with Gasteiger partial charge >= 0.3 is 5.92 Å². The van der Waals surface area contributed by atoms with Gasteiger partial charge in [0, 0.05) is 5.56 Å². The Labute approximate surface area is 104 Å². The van der Waals surface area contributed by atoms with Gasteiger partial charge in [0.2, 0.25) is 0 Å². The summed E-state index contributed by atoms with van der Waals surface area (Å²) in [5.41, 5.74) is 5.90. The Kier molecular flexibility index (Phi) is 3.46. The molecule has 2 rings (SSSR count). The van der Waals surface area contributed by atoms with E-state index in [9.17, 15) is 8.78 Å². The maximum Gasteiger partial charge on any atom is 0.306 e. The lowest BCUT2D eigenvalue weighted by Gasteiger charge is -2.18. The average molecular weight is 249 g/mol. The normalized spacial score (nSPS) is 11.2. The van der Waals surface area contributed by atoms with Gasteiger partial charge in [-0.1, -0.05) is 42.5 Å². The van der Waals surface area contributed by atoms with E-state index in [4.69, 9.17) is 10.5 Å². The maximum absolute atomic E-state index is 13.8. The molecule has 0 aliphatic heterocycles. The van der Waals surface area contributed by atoms with Crippen LogP contribution in [0, 0.1) is 0 Å². The first-order valence-electron chi connectivity index (χ1n) is 5.50. The van der Waals surface area contributed by atoms with Gasteiger partial charge in [0.1, 0.15) is 5.75 Å². The van der Waals surface area contributed by atoms with Crippen LogP contribution in [0.5, 0.6) is 5.75 Å². The first-order chi connectivity index (χ1) is 8.59. The molecule has 0 saturated heterocycles. The second-order valence-electron chi connectivity index (χ2n) is 3.90. The van der Waals surface area contributed by atoms with E-state index in [2.05, 4.69) is 0 Å². The quantitative estimate of drug-likeness (QED) is 0.842. The minimum absolute atomic E-state index is 0.0699. The zero-order chi connectivity index (χ0) is 13.0. The van der Waals surface area contributed by atoms with Gasteiger partial charge in [0.15, 0.2) is 6.61 Å². The van der Waals surface area contributed by atoms with Gasteiger partial charge in [-0.3, -0.25) is 0 Å². The lowest BCUT2D eigenvalue weighted by atomic mass is 10.1. The zero-order valence-electron chi connectivity index (χ0n) is 9.64. The van der Waals surface area contributed by atoms with Gasteiger partial charge in [-0.05, 0) is 12.1 Å². The highest BCUT2D eigenvalue weighted by atomic mass is 19.3. The fourth-order valence-electron chi connectivity index (χ4n) is 1.55. The van der Waals surface area contributed by atoms with E-state index < -0.39 is 12.5 Å². The van der Waals surface area contributed by atoms with Crippen LogP contribution < -0.4 is 10.5 Å². The number of para-hydroxylation sites is 2. The molecular weight excluding hydrogens is 236 g/mol. The maximum atomic E-state index is 13.8. The lowest BCUT2D eigenvalue weighted by Crippen LogP contribution is -2.23. The largest absolute Gasteiger partial charge is 0.485 e. The summed E-state index contributed by atoms with van der Waals surface area (Å²) in [6.07, 6.45) is 0. The zero-order valence-corrected chi connectivity index (χ0v) is 9.64. The van der Waals surface area contributed by atoms with Crippen molar-refractivity contribution in [1.82, 2.24) is 0 Å². The van der Waals surface area contributed by atoms with E-state index in [-0.39, 0.29) is 11.3 Å². The Morgan fingerprint density at radius 2 is 1.56 bits per heavy atom. The van der Waals surface area contributed by atoms with Crippen molar-refractivity contribution < 1.29 is 13.5 Å². The van der Waals surface area contributed by atoms with Gasteiger partial charge in [0.05, 0.1) is 5.69 Å². The minimum Gasteiger partial charge on any atom is -0.485 e. The highest BCUT2D eigenvalue weighted by molar-refractivity contribution is 5.51. The number of ether oxygens (including phenoxy) is 1. The summed E-state index contributed by atoms with van der Waals surface area (Å²) >= 11 is 0. The van der Waals surface area contributed by atoms with Crippen molar-refractivity contribution in [3.8, 4) is 5.75 Å². The summed E-state index contributed by atoms with van der Waals surface area (Å²) in [5, 5.41) is 0. The molecule has 0 aliphatic carbocycles. The Morgan fingerprint density at radius 1 is 0.944 bits per heavy atom. The predicted molar refractivity (Wildman–Crippen MR) is 66.7 cm³/mol. The Hall–Kier alpha value is -2.10. The molecule has 0 unspecified atom stereocenters. The van der Waals surface area contributed by atoms with E-state index in [0.29, 0.717) is 5.69 Å². The van der Waals surface area contributed by atoms with Crippen molar-refractivity contribution in [1.29, 1.82) is 0 Å². The second-order valence-corrected chi connectivity index (χ2v) is 3.90. The standard InChI is InChI=1S/C14H13F2NO/c15-14(16,11-6-2-1-3-7-11)10-18-13-9-5-4-8-12(13)17/h1-9H,10,17H2. The molecule has 2 N–H and O–H groups in total. The van der Waals surface area contributed by atoms with Gasteiger partial charge < -0.3 is 10.5 Å². The molecule has 2 nitrogen and oxygen atoms in total. The van der Waals surface area contributed by atoms with Gasteiger partial charge in [0.25, 0.3) is 0 Å². The van der Waals surface area contributed by atoms with E-state index >= 15 is 0 Å². The number of halogens is 2. The van der Waals surface area contributed by atoms with Crippen LogP contribution in [-0.4, -0.2) is 6.61 Å². The third-order valence-corrected chi connectivity index (χ3v) is 2.52. The molecule has 0 fully saturated rings. The summed E-state index contributed by atoms with van der Waals surface area (Å²) in [6.45, 7) is -0.731. The van der Waals surface area contributed by atoms with Crippen molar-refractivity contribution in [3.05, 3.63) is 60.2 Å². The van der Waals surface area contributed by atoms with Crippen LogP contribution in [-0.2, 0) is 5.92 Å². The summed E-state index contributed by atoms with van der Waals surface area (Å²) in [5.74, 6) is -2.77. The van der Waals surface area contributed by atoms with Crippen molar-refractivity contribution in [2.75, 3.05) is 12.3 Å². The number of hydrogen-bond acceptors (Lipinski definition) is 2. The smallest absolute Gasteiger partial charge is 0.306 e. The molecule has 0 saturated carbocycles. The number of nitrogen functional groups attached to an aromatic ring is 1. The summed E-state index contributed by atoms with van der Waals surface area (Å²) in [4.78, 5) is 0.